The lowest BCUT2D eigenvalue weighted by Crippen LogP contribution is -2.43. The molecular formula is C15H20F2IN3O. The van der Waals surface area contributed by atoms with Gasteiger partial charge in [0.2, 0.25) is 0 Å². The quantitative estimate of drug-likeness (QED) is 0.252. The summed E-state index contributed by atoms with van der Waals surface area (Å²) in [5.41, 5.74) is 0. The Kier molecular flexibility index (Phi) is 8.15. The Morgan fingerprint density at radius 2 is 2.05 bits per heavy atom. The maximum absolute atomic E-state index is 13.3. The summed E-state index contributed by atoms with van der Waals surface area (Å²) in [6.45, 7) is 0.725. The zero-order valence-corrected chi connectivity index (χ0v) is 14.6. The van der Waals surface area contributed by atoms with Crippen molar-refractivity contribution in [1.29, 1.82) is 0 Å². The average molecular weight is 423 g/mol. The van der Waals surface area contributed by atoms with Gasteiger partial charge in [-0.3, -0.25) is 4.99 Å². The van der Waals surface area contributed by atoms with Gasteiger partial charge < -0.3 is 15.4 Å². The topological polar surface area (TPSA) is 45.7 Å². The highest BCUT2D eigenvalue weighted by Gasteiger charge is 2.11. The van der Waals surface area contributed by atoms with Crippen molar-refractivity contribution in [3.63, 3.8) is 0 Å². The fourth-order valence-electron chi connectivity index (χ4n) is 2.05. The van der Waals surface area contributed by atoms with Gasteiger partial charge in [0.1, 0.15) is 12.4 Å². The lowest BCUT2D eigenvalue weighted by molar-refractivity contribution is 0.304. The number of nitrogens with one attached hydrogen (secondary N) is 2. The van der Waals surface area contributed by atoms with Crippen molar-refractivity contribution in [3.8, 4) is 5.75 Å². The molecule has 1 aromatic rings. The van der Waals surface area contributed by atoms with Gasteiger partial charge in [0.15, 0.2) is 17.5 Å². The SMILES string of the molecule is CN=C(NCCOc1ccc(F)cc1F)NC1CC=CC1.I. The summed E-state index contributed by atoms with van der Waals surface area (Å²) in [6.07, 6.45) is 6.23. The molecule has 7 heteroatoms. The minimum absolute atomic E-state index is 0. The highest BCUT2D eigenvalue weighted by Crippen LogP contribution is 2.17. The summed E-state index contributed by atoms with van der Waals surface area (Å²) in [4.78, 5) is 4.11. The van der Waals surface area contributed by atoms with Crippen LogP contribution in [0.25, 0.3) is 0 Å². The van der Waals surface area contributed by atoms with Crippen LogP contribution >= 0.6 is 24.0 Å². The molecule has 0 spiro atoms. The molecule has 2 N–H and O–H groups in total. The second kappa shape index (κ2) is 9.60. The molecule has 1 aliphatic carbocycles. The molecule has 0 saturated heterocycles. The lowest BCUT2D eigenvalue weighted by atomic mass is 10.2. The zero-order valence-electron chi connectivity index (χ0n) is 12.3. The molecule has 0 heterocycles. The Morgan fingerprint density at radius 3 is 2.68 bits per heavy atom. The molecule has 0 unspecified atom stereocenters. The molecular weight excluding hydrogens is 403 g/mol. The third-order valence-electron chi connectivity index (χ3n) is 3.12. The third-order valence-corrected chi connectivity index (χ3v) is 3.12. The average Bonchev–Trinajstić information content (AvgIpc) is 2.97. The smallest absolute Gasteiger partial charge is 0.191 e. The van der Waals surface area contributed by atoms with E-state index in [0.717, 1.165) is 18.9 Å². The molecule has 4 nitrogen and oxygen atoms in total. The second-order valence-electron chi connectivity index (χ2n) is 4.71. The van der Waals surface area contributed by atoms with E-state index in [-0.39, 0.29) is 36.3 Å². The van der Waals surface area contributed by atoms with Gasteiger partial charge in [-0.15, -0.1) is 24.0 Å². The van der Waals surface area contributed by atoms with Gasteiger partial charge >= 0.3 is 0 Å². The van der Waals surface area contributed by atoms with Gasteiger partial charge in [-0.05, 0) is 25.0 Å². The zero-order chi connectivity index (χ0) is 15.1. The van der Waals surface area contributed by atoms with E-state index < -0.39 is 11.6 Å². The van der Waals surface area contributed by atoms with E-state index >= 15 is 0 Å². The van der Waals surface area contributed by atoms with Gasteiger partial charge in [-0.2, -0.15) is 0 Å². The minimum atomic E-state index is -0.700. The number of hydrogen-bond donors (Lipinski definition) is 2. The van der Waals surface area contributed by atoms with Crippen LogP contribution in [0.5, 0.6) is 5.75 Å². The van der Waals surface area contributed by atoms with Gasteiger partial charge in [-0.25, -0.2) is 8.78 Å². The van der Waals surface area contributed by atoms with Crippen molar-refractivity contribution in [2.45, 2.75) is 18.9 Å². The molecule has 1 aliphatic rings. The fraction of sp³-hybridized carbons (Fsp3) is 0.400. The largest absolute Gasteiger partial charge is 0.489 e. The number of ether oxygens (including phenoxy) is 1. The summed E-state index contributed by atoms with van der Waals surface area (Å²) in [5, 5.41) is 6.37. The van der Waals surface area contributed by atoms with Crippen LogP contribution in [-0.4, -0.2) is 32.2 Å². The van der Waals surface area contributed by atoms with Crippen molar-refractivity contribution >= 4 is 29.9 Å². The van der Waals surface area contributed by atoms with Crippen molar-refractivity contribution in [2.24, 2.45) is 4.99 Å². The number of benzene rings is 1. The van der Waals surface area contributed by atoms with Crippen molar-refractivity contribution in [3.05, 3.63) is 42.0 Å². The van der Waals surface area contributed by atoms with E-state index in [2.05, 4.69) is 27.8 Å². The van der Waals surface area contributed by atoms with Crippen LogP contribution < -0.4 is 15.4 Å². The molecule has 0 amide bonds. The van der Waals surface area contributed by atoms with Crippen molar-refractivity contribution < 1.29 is 13.5 Å². The summed E-state index contributed by atoms with van der Waals surface area (Å²) >= 11 is 0. The predicted octanol–water partition coefficient (Wildman–Crippen LogP) is 2.85. The van der Waals surface area contributed by atoms with E-state index in [1.165, 1.54) is 12.1 Å². The van der Waals surface area contributed by atoms with Crippen LogP contribution in [0.1, 0.15) is 12.8 Å². The molecule has 122 valence electrons. The first-order chi connectivity index (χ1) is 10.2. The number of aliphatic imine (C=N–C) groups is 1. The first-order valence-corrected chi connectivity index (χ1v) is 6.89. The normalized spacial score (nSPS) is 14.6. The summed E-state index contributed by atoms with van der Waals surface area (Å²) in [5.74, 6) is -0.588. The molecule has 0 bridgehead atoms. The number of guanidine groups is 1. The molecule has 0 radical (unpaired) electrons. The molecule has 0 saturated carbocycles. The maximum atomic E-state index is 13.3. The second-order valence-corrected chi connectivity index (χ2v) is 4.71. The minimum Gasteiger partial charge on any atom is -0.489 e. The molecule has 22 heavy (non-hydrogen) atoms. The van der Waals surface area contributed by atoms with Crippen LogP contribution in [-0.2, 0) is 0 Å². The number of hydrogen-bond acceptors (Lipinski definition) is 2. The molecule has 0 aromatic heterocycles. The molecule has 0 fully saturated rings. The number of nitrogens with zero attached hydrogens (tertiary/aromatic N) is 1. The van der Waals surface area contributed by atoms with Gasteiger partial charge in [0.05, 0.1) is 6.54 Å². The number of rotatable bonds is 5. The standard InChI is InChI=1S/C15H19F2N3O.HI/c1-18-15(20-12-4-2-3-5-12)19-8-9-21-14-7-6-11(16)10-13(14)17;/h2-3,6-7,10,12H,4-5,8-9H2,1H3,(H2,18,19,20);1H. The Balaban J connectivity index is 0.00000242. The summed E-state index contributed by atoms with van der Waals surface area (Å²) < 4.78 is 31.3. The first-order valence-electron chi connectivity index (χ1n) is 6.89. The Morgan fingerprint density at radius 1 is 1.32 bits per heavy atom. The molecule has 1 aromatic carbocycles. The van der Waals surface area contributed by atoms with Gasteiger partial charge in [0.25, 0.3) is 0 Å². The fourth-order valence-corrected chi connectivity index (χ4v) is 2.05. The third kappa shape index (κ3) is 5.78. The Labute approximate surface area is 146 Å². The maximum Gasteiger partial charge on any atom is 0.191 e. The molecule has 0 atom stereocenters. The van der Waals surface area contributed by atoms with Crippen LogP contribution in [0.4, 0.5) is 8.78 Å². The Hall–Kier alpha value is -1.38. The predicted molar refractivity (Wildman–Crippen MR) is 93.9 cm³/mol. The van der Waals surface area contributed by atoms with E-state index in [4.69, 9.17) is 4.74 Å². The van der Waals surface area contributed by atoms with Crippen LogP contribution in [0.2, 0.25) is 0 Å². The van der Waals surface area contributed by atoms with Gasteiger partial charge in [-0.1, -0.05) is 12.2 Å². The summed E-state index contributed by atoms with van der Waals surface area (Å²) in [7, 11) is 1.69. The van der Waals surface area contributed by atoms with Gasteiger partial charge in [0, 0.05) is 19.2 Å². The van der Waals surface area contributed by atoms with E-state index in [9.17, 15) is 8.78 Å². The monoisotopic (exact) mass is 423 g/mol. The number of halogens is 3. The van der Waals surface area contributed by atoms with Crippen LogP contribution in [0, 0.1) is 11.6 Å². The van der Waals surface area contributed by atoms with Crippen LogP contribution in [0.15, 0.2) is 35.3 Å². The molecule has 2 rings (SSSR count). The highest BCUT2D eigenvalue weighted by atomic mass is 127. The summed E-state index contributed by atoms with van der Waals surface area (Å²) in [6, 6.07) is 3.61. The van der Waals surface area contributed by atoms with Crippen molar-refractivity contribution in [1.82, 2.24) is 10.6 Å². The Bertz CT molecular complexity index is 530. The van der Waals surface area contributed by atoms with Crippen molar-refractivity contribution in [2.75, 3.05) is 20.2 Å². The van der Waals surface area contributed by atoms with E-state index in [1.54, 1.807) is 7.05 Å². The van der Waals surface area contributed by atoms with E-state index in [1.807, 2.05) is 0 Å². The lowest BCUT2D eigenvalue weighted by Gasteiger charge is -2.17. The first kappa shape index (κ1) is 18.7. The molecule has 0 aliphatic heterocycles. The highest BCUT2D eigenvalue weighted by molar-refractivity contribution is 14.0. The van der Waals surface area contributed by atoms with Crippen LogP contribution in [0.3, 0.4) is 0 Å². The van der Waals surface area contributed by atoms with E-state index in [0.29, 0.717) is 18.5 Å².